The quantitative estimate of drug-likeness (QED) is 0.781. The van der Waals surface area contributed by atoms with E-state index in [0.717, 1.165) is 32.0 Å². The van der Waals surface area contributed by atoms with E-state index in [2.05, 4.69) is 24.2 Å². The molecular weight excluding hydrogens is 212 g/mol. The summed E-state index contributed by atoms with van der Waals surface area (Å²) < 4.78 is 0. The smallest absolute Gasteiger partial charge is 0.0679 e. The fourth-order valence-corrected chi connectivity index (χ4v) is 3.93. The first-order chi connectivity index (χ1) is 8.13. The summed E-state index contributed by atoms with van der Waals surface area (Å²) in [7, 11) is 2.07. The van der Waals surface area contributed by atoms with Crippen molar-refractivity contribution in [3.05, 3.63) is 0 Å². The Labute approximate surface area is 106 Å². The largest absolute Gasteiger partial charge is 0.392 e. The number of β-amino-alcohol motifs (C(OH)–C–C–N with tert-alkyl or cyclic N) is 1. The number of aliphatic hydroxyl groups is 1. The Morgan fingerprint density at radius 2 is 2.24 bits per heavy atom. The topological polar surface area (TPSA) is 35.5 Å². The van der Waals surface area contributed by atoms with Gasteiger partial charge in [0, 0.05) is 26.2 Å². The molecule has 2 fully saturated rings. The van der Waals surface area contributed by atoms with Gasteiger partial charge in [0.15, 0.2) is 0 Å². The highest BCUT2D eigenvalue weighted by Gasteiger charge is 2.37. The van der Waals surface area contributed by atoms with Crippen molar-refractivity contribution in [2.45, 2.75) is 45.1 Å². The molecule has 2 rings (SSSR count). The van der Waals surface area contributed by atoms with Gasteiger partial charge in [-0.3, -0.25) is 0 Å². The third-order valence-corrected chi connectivity index (χ3v) is 4.54. The van der Waals surface area contributed by atoms with Crippen molar-refractivity contribution in [3.8, 4) is 0 Å². The Kier molecular flexibility index (Phi) is 4.45. The van der Waals surface area contributed by atoms with Crippen molar-refractivity contribution in [1.29, 1.82) is 0 Å². The van der Waals surface area contributed by atoms with Crippen LogP contribution in [0.15, 0.2) is 0 Å². The lowest BCUT2D eigenvalue weighted by molar-refractivity contribution is 0.0845. The van der Waals surface area contributed by atoms with Crippen molar-refractivity contribution in [3.63, 3.8) is 0 Å². The van der Waals surface area contributed by atoms with E-state index in [9.17, 15) is 5.11 Å². The molecular formula is C14H28N2O. The molecule has 2 N–H and O–H groups in total. The molecule has 17 heavy (non-hydrogen) atoms. The van der Waals surface area contributed by atoms with Gasteiger partial charge in [0.05, 0.1) is 6.10 Å². The lowest BCUT2D eigenvalue weighted by Crippen LogP contribution is -2.45. The average molecular weight is 240 g/mol. The molecule has 100 valence electrons. The third kappa shape index (κ3) is 3.43. The van der Waals surface area contributed by atoms with Crippen LogP contribution in [-0.2, 0) is 0 Å². The molecule has 1 saturated heterocycles. The van der Waals surface area contributed by atoms with Crippen molar-refractivity contribution in [1.82, 2.24) is 10.2 Å². The fraction of sp³-hybridized carbons (Fsp3) is 1.00. The highest BCUT2D eigenvalue weighted by molar-refractivity contribution is 4.91. The minimum Gasteiger partial charge on any atom is -0.392 e. The molecule has 1 aliphatic carbocycles. The highest BCUT2D eigenvalue weighted by Crippen LogP contribution is 2.40. The molecule has 1 aliphatic heterocycles. The number of nitrogens with zero attached hydrogens (tertiary/aromatic N) is 1. The Morgan fingerprint density at radius 3 is 2.82 bits per heavy atom. The molecule has 0 spiro atoms. The van der Waals surface area contributed by atoms with Gasteiger partial charge in [-0.25, -0.2) is 0 Å². The third-order valence-electron chi connectivity index (χ3n) is 4.54. The number of hydrogen-bond acceptors (Lipinski definition) is 3. The van der Waals surface area contributed by atoms with Gasteiger partial charge in [-0.1, -0.05) is 19.8 Å². The highest BCUT2D eigenvalue weighted by atomic mass is 16.3. The Balaban J connectivity index is 1.95. The van der Waals surface area contributed by atoms with Gasteiger partial charge < -0.3 is 15.3 Å². The van der Waals surface area contributed by atoms with Crippen molar-refractivity contribution in [2.24, 2.45) is 11.3 Å². The lowest BCUT2D eigenvalue weighted by Gasteiger charge is -2.42. The maximum atomic E-state index is 9.64. The number of rotatable bonds is 4. The van der Waals surface area contributed by atoms with E-state index in [1.807, 2.05) is 0 Å². The summed E-state index contributed by atoms with van der Waals surface area (Å²) in [6.07, 6.45) is 6.35. The van der Waals surface area contributed by atoms with Crippen LogP contribution < -0.4 is 5.32 Å². The molecule has 3 unspecified atom stereocenters. The van der Waals surface area contributed by atoms with Crippen LogP contribution in [0, 0.1) is 11.3 Å². The number of hydrogen-bond donors (Lipinski definition) is 2. The molecule has 3 atom stereocenters. The van der Waals surface area contributed by atoms with Crippen molar-refractivity contribution >= 4 is 0 Å². The monoisotopic (exact) mass is 240 g/mol. The molecule has 3 heteroatoms. The summed E-state index contributed by atoms with van der Waals surface area (Å²) in [5.74, 6) is 0.865. The second-order valence-corrected chi connectivity index (χ2v) is 6.41. The Bertz CT molecular complexity index is 242. The number of likely N-dealkylation sites (tertiary alicyclic amines) is 1. The fourth-order valence-electron chi connectivity index (χ4n) is 3.93. The molecule has 1 heterocycles. The molecule has 0 aromatic carbocycles. The number of nitrogens with one attached hydrogen (secondary N) is 1. The molecule has 0 amide bonds. The van der Waals surface area contributed by atoms with E-state index in [-0.39, 0.29) is 6.10 Å². The van der Waals surface area contributed by atoms with Crippen LogP contribution in [0.1, 0.15) is 39.0 Å². The van der Waals surface area contributed by atoms with E-state index in [0.29, 0.717) is 5.41 Å². The predicted octanol–water partition coefficient (Wildman–Crippen LogP) is 1.47. The summed E-state index contributed by atoms with van der Waals surface area (Å²) in [6, 6.07) is 0. The summed E-state index contributed by atoms with van der Waals surface area (Å²) in [6.45, 7) is 6.67. The van der Waals surface area contributed by atoms with Crippen LogP contribution in [0.2, 0.25) is 0 Å². The summed E-state index contributed by atoms with van der Waals surface area (Å²) in [5.41, 5.74) is 0.455. The molecule has 0 bridgehead atoms. The minimum atomic E-state index is -0.0809. The van der Waals surface area contributed by atoms with Gasteiger partial charge in [-0.15, -0.1) is 0 Å². The van der Waals surface area contributed by atoms with Crippen molar-refractivity contribution < 1.29 is 5.11 Å². The summed E-state index contributed by atoms with van der Waals surface area (Å²) >= 11 is 0. The summed E-state index contributed by atoms with van der Waals surface area (Å²) in [4.78, 5) is 2.47. The average Bonchev–Trinajstić information content (AvgIpc) is 2.64. The van der Waals surface area contributed by atoms with Crippen LogP contribution in [-0.4, -0.2) is 49.3 Å². The van der Waals surface area contributed by atoms with Gasteiger partial charge in [-0.2, -0.15) is 0 Å². The first-order valence-corrected chi connectivity index (χ1v) is 7.18. The van der Waals surface area contributed by atoms with Gasteiger partial charge in [0.1, 0.15) is 0 Å². The minimum absolute atomic E-state index is 0.0809. The normalized spacial score (nSPS) is 39.7. The van der Waals surface area contributed by atoms with E-state index >= 15 is 0 Å². The van der Waals surface area contributed by atoms with Gasteiger partial charge in [-0.05, 0) is 37.6 Å². The zero-order chi connectivity index (χ0) is 12.3. The molecule has 1 saturated carbocycles. The lowest BCUT2D eigenvalue weighted by atomic mass is 9.69. The van der Waals surface area contributed by atoms with E-state index in [4.69, 9.17) is 0 Å². The molecule has 2 aliphatic rings. The van der Waals surface area contributed by atoms with Crippen LogP contribution in [0.25, 0.3) is 0 Å². The molecule has 0 radical (unpaired) electrons. The van der Waals surface area contributed by atoms with E-state index < -0.39 is 0 Å². The zero-order valence-corrected chi connectivity index (χ0v) is 11.4. The van der Waals surface area contributed by atoms with Crippen LogP contribution in [0.4, 0.5) is 0 Å². The molecule has 0 aromatic rings. The van der Waals surface area contributed by atoms with Gasteiger partial charge in [0.25, 0.3) is 0 Å². The van der Waals surface area contributed by atoms with Crippen LogP contribution in [0.3, 0.4) is 0 Å². The van der Waals surface area contributed by atoms with Crippen LogP contribution in [0.5, 0.6) is 0 Å². The Hall–Kier alpha value is -0.120. The second kappa shape index (κ2) is 5.68. The van der Waals surface area contributed by atoms with E-state index in [1.165, 1.54) is 32.2 Å². The predicted molar refractivity (Wildman–Crippen MR) is 71.1 cm³/mol. The van der Waals surface area contributed by atoms with Crippen molar-refractivity contribution in [2.75, 3.05) is 33.2 Å². The van der Waals surface area contributed by atoms with Gasteiger partial charge >= 0.3 is 0 Å². The molecule has 3 nitrogen and oxygen atoms in total. The zero-order valence-electron chi connectivity index (χ0n) is 11.4. The van der Waals surface area contributed by atoms with Crippen LogP contribution >= 0.6 is 0 Å². The summed E-state index contributed by atoms with van der Waals surface area (Å²) in [5, 5.41) is 13.0. The maximum absolute atomic E-state index is 9.64. The SMILES string of the molecule is CNCC1(CN2CCC(O)C2)CCCC(C)C1. The first-order valence-electron chi connectivity index (χ1n) is 7.18. The Morgan fingerprint density at radius 1 is 1.41 bits per heavy atom. The van der Waals surface area contributed by atoms with E-state index in [1.54, 1.807) is 0 Å². The molecule has 0 aromatic heterocycles. The number of aliphatic hydroxyl groups excluding tert-OH is 1. The van der Waals surface area contributed by atoms with Gasteiger partial charge in [0.2, 0.25) is 0 Å². The standard InChI is InChI=1S/C14H28N2O/c1-12-4-3-6-14(8-12,10-15-2)11-16-7-5-13(17)9-16/h12-13,15,17H,3-11H2,1-2H3. The first kappa shape index (κ1) is 13.3. The second-order valence-electron chi connectivity index (χ2n) is 6.41. The maximum Gasteiger partial charge on any atom is 0.0679 e.